The highest BCUT2D eigenvalue weighted by Gasteiger charge is 2.53. The number of fused-ring (bicyclic) bond motifs is 2. The van der Waals surface area contributed by atoms with Crippen molar-refractivity contribution in [3.05, 3.63) is 94.0 Å². The number of rotatable bonds is 3. The van der Waals surface area contributed by atoms with Crippen LogP contribution in [0.2, 0.25) is 0 Å². The van der Waals surface area contributed by atoms with E-state index in [0.717, 1.165) is 45.1 Å². The molecule has 0 amide bonds. The molecule has 2 aliphatic heterocycles. The molecule has 3 aromatic carbocycles. The van der Waals surface area contributed by atoms with Gasteiger partial charge in [-0.2, -0.15) is 13.2 Å². The molecule has 3 aromatic rings. The molecule has 2 aliphatic rings. The second-order valence-electron chi connectivity index (χ2n) is 8.94. The third-order valence-corrected chi connectivity index (χ3v) is 6.60. The first-order valence-electron chi connectivity index (χ1n) is 10.7. The number of aryl methyl sites for hydroxylation is 1. The number of halogens is 3. The van der Waals surface area contributed by atoms with E-state index >= 15 is 0 Å². The Labute approximate surface area is 185 Å². The first-order chi connectivity index (χ1) is 15.1. The molecule has 2 heterocycles. The van der Waals surface area contributed by atoms with Crippen molar-refractivity contribution < 1.29 is 13.2 Å². The molecule has 162 valence electrons. The largest absolute Gasteiger partial charge is 0.402 e. The molecule has 1 atom stereocenters. The molecule has 0 bridgehead atoms. The minimum Gasteiger partial charge on any atom is -0.257 e. The van der Waals surface area contributed by atoms with Crippen molar-refractivity contribution in [3.63, 3.8) is 0 Å². The Balaban J connectivity index is 1.54. The van der Waals surface area contributed by atoms with Gasteiger partial charge in [-0.1, -0.05) is 54.1 Å². The van der Waals surface area contributed by atoms with Gasteiger partial charge >= 0.3 is 6.18 Å². The summed E-state index contributed by atoms with van der Waals surface area (Å²) in [4.78, 5) is 9.12. The van der Waals surface area contributed by atoms with E-state index in [4.69, 9.17) is 4.99 Å². The molecule has 5 heteroatoms. The van der Waals surface area contributed by atoms with E-state index in [0.29, 0.717) is 12.8 Å². The standard InChI is InChI=1S/C27H23F3N2/c1-16-5-4-6-18(11-16)25-15-20-14-22(8-10-24(20)32-25)26(3,27(28,29)30)21-7-9-23-19(13-21)12-17(2)31-23/h4-11,13-14H,12,15H2,1-3H3. The van der Waals surface area contributed by atoms with Gasteiger partial charge < -0.3 is 0 Å². The number of hydrogen-bond acceptors (Lipinski definition) is 2. The molecule has 0 aromatic heterocycles. The van der Waals surface area contributed by atoms with Crippen molar-refractivity contribution in [2.45, 2.75) is 45.2 Å². The number of nitrogens with zero attached hydrogens (tertiary/aromatic N) is 2. The molecule has 0 aliphatic carbocycles. The summed E-state index contributed by atoms with van der Waals surface area (Å²) >= 11 is 0. The van der Waals surface area contributed by atoms with Gasteiger partial charge in [-0.05, 0) is 60.7 Å². The van der Waals surface area contributed by atoms with Crippen LogP contribution in [0.15, 0.2) is 70.6 Å². The zero-order valence-corrected chi connectivity index (χ0v) is 18.2. The lowest BCUT2D eigenvalue weighted by molar-refractivity contribution is -0.173. The van der Waals surface area contributed by atoms with Gasteiger partial charge in [-0.3, -0.25) is 9.98 Å². The molecular formula is C27H23F3N2. The smallest absolute Gasteiger partial charge is 0.257 e. The molecule has 0 N–H and O–H groups in total. The Kier molecular flexibility index (Phi) is 4.63. The summed E-state index contributed by atoms with van der Waals surface area (Å²) in [6, 6.07) is 18.0. The maximum atomic E-state index is 14.6. The Morgan fingerprint density at radius 3 is 2.00 bits per heavy atom. The van der Waals surface area contributed by atoms with Crippen molar-refractivity contribution in [1.82, 2.24) is 0 Å². The summed E-state index contributed by atoms with van der Waals surface area (Å²) in [5, 5.41) is 0. The monoisotopic (exact) mass is 432 g/mol. The van der Waals surface area contributed by atoms with Gasteiger partial charge in [0.25, 0.3) is 0 Å². The van der Waals surface area contributed by atoms with Crippen molar-refractivity contribution in [3.8, 4) is 0 Å². The number of benzene rings is 3. The SMILES string of the molecule is CC1=Nc2ccc(C(C)(c3ccc4c(c3)CC(c3cccc(C)c3)=N4)C(F)(F)F)cc2C1. The van der Waals surface area contributed by atoms with Crippen LogP contribution in [-0.4, -0.2) is 17.6 Å². The first kappa shape index (κ1) is 20.7. The van der Waals surface area contributed by atoms with Crippen molar-refractivity contribution >= 4 is 22.8 Å². The van der Waals surface area contributed by atoms with E-state index in [2.05, 4.69) is 11.1 Å². The van der Waals surface area contributed by atoms with Crippen LogP contribution in [-0.2, 0) is 18.3 Å². The maximum absolute atomic E-state index is 14.6. The maximum Gasteiger partial charge on any atom is 0.402 e. The summed E-state index contributed by atoms with van der Waals surface area (Å²) < 4.78 is 43.8. The summed E-state index contributed by atoms with van der Waals surface area (Å²) in [5.74, 6) is 0. The number of alkyl halides is 3. The lowest BCUT2D eigenvalue weighted by Gasteiger charge is -2.34. The fraction of sp³-hybridized carbons (Fsp3) is 0.259. The summed E-state index contributed by atoms with van der Waals surface area (Å²) in [5.41, 5.74) is 5.48. The lowest BCUT2D eigenvalue weighted by Crippen LogP contribution is -2.40. The van der Waals surface area contributed by atoms with E-state index < -0.39 is 11.6 Å². The van der Waals surface area contributed by atoms with Crippen molar-refractivity contribution in [2.24, 2.45) is 9.98 Å². The van der Waals surface area contributed by atoms with E-state index in [9.17, 15) is 13.2 Å². The molecule has 32 heavy (non-hydrogen) atoms. The second kappa shape index (κ2) is 7.16. The van der Waals surface area contributed by atoms with Gasteiger partial charge in [0, 0.05) is 18.6 Å². The van der Waals surface area contributed by atoms with E-state index in [1.165, 1.54) is 6.92 Å². The van der Waals surface area contributed by atoms with Crippen LogP contribution in [0.3, 0.4) is 0 Å². The molecule has 5 rings (SSSR count). The van der Waals surface area contributed by atoms with Crippen molar-refractivity contribution in [1.29, 1.82) is 0 Å². The third-order valence-electron chi connectivity index (χ3n) is 6.60. The van der Waals surface area contributed by atoms with Crippen LogP contribution < -0.4 is 0 Å². The van der Waals surface area contributed by atoms with Gasteiger partial charge in [0.2, 0.25) is 0 Å². The summed E-state index contributed by atoms with van der Waals surface area (Å²) in [6.07, 6.45) is -3.34. The fourth-order valence-corrected chi connectivity index (χ4v) is 4.67. The Hall–Kier alpha value is -3.21. The highest BCUT2D eigenvalue weighted by Crippen LogP contribution is 2.48. The van der Waals surface area contributed by atoms with Gasteiger partial charge in [0.05, 0.1) is 17.1 Å². The van der Waals surface area contributed by atoms with Crippen LogP contribution in [0.25, 0.3) is 0 Å². The quantitative estimate of drug-likeness (QED) is 0.418. The predicted octanol–water partition coefficient (Wildman–Crippen LogP) is 7.19. The third kappa shape index (κ3) is 3.27. The van der Waals surface area contributed by atoms with Gasteiger partial charge in [0.15, 0.2) is 0 Å². The second-order valence-corrected chi connectivity index (χ2v) is 8.94. The first-order valence-corrected chi connectivity index (χ1v) is 10.7. The normalized spacial score (nSPS) is 16.8. The summed E-state index contributed by atoms with van der Waals surface area (Å²) in [7, 11) is 0. The molecule has 0 saturated heterocycles. The van der Waals surface area contributed by atoms with Crippen LogP contribution in [0.1, 0.15) is 47.2 Å². The van der Waals surface area contributed by atoms with Crippen LogP contribution in [0.5, 0.6) is 0 Å². The molecule has 0 spiro atoms. The average molecular weight is 432 g/mol. The zero-order valence-electron chi connectivity index (χ0n) is 18.2. The molecule has 0 radical (unpaired) electrons. The highest BCUT2D eigenvalue weighted by atomic mass is 19.4. The average Bonchev–Trinajstić information content (AvgIpc) is 3.33. The summed E-state index contributed by atoms with van der Waals surface area (Å²) in [6.45, 7) is 5.19. The highest BCUT2D eigenvalue weighted by molar-refractivity contribution is 6.06. The van der Waals surface area contributed by atoms with Gasteiger partial charge in [-0.15, -0.1) is 0 Å². The predicted molar refractivity (Wildman–Crippen MR) is 123 cm³/mol. The number of hydrogen-bond donors (Lipinski definition) is 0. The molecule has 0 saturated carbocycles. The Morgan fingerprint density at radius 1 is 0.750 bits per heavy atom. The molecular weight excluding hydrogens is 409 g/mol. The zero-order chi connectivity index (χ0) is 22.7. The number of aliphatic imine (C=N–C) groups is 2. The molecule has 0 fully saturated rings. The van der Waals surface area contributed by atoms with E-state index in [-0.39, 0.29) is 11.1 Å². The van der Waals surface area contributed by atoms with E-state index in [1.807, 2.05) is 32.0 Å². The topological polar surface area (TPSA) is 24.7 Å². The van der Waals surface area contributed by atoms with Gasteiger partial charge in [0.1, 0.15) is 5.41 Å². The molecule has 1 unspecified atom stereocenters. The lowest BCUT2D eigenvalue weighted by atomic mass is 9.74. The molecule has 2 nitrogen and oxygen atoms in total. The van der Waals surface area contributed by atoms with Crippen LogP contribution in [0.4, 0.5) is 24.5 Å². The fourth-order valence-electron chi connectivity index (χ4n) is 4.67. The van der Waals surface area contributed by atoms with Crippen LogP contribution >= 0.6 is 0 Å². The van der Waals surface area contributed by atoms with Gasteiger partial charge in [-0.25, -0.2) is 0 Å². The van der Waals surface area contributed by atoms with E-state index in [1.54, 1.807) is 36.4 Å². The van der Waals surface area contributed by atoms with Crippen LogP contribution in [0, 0.1) is 6.92 Å². The minimum absolute atomic E-state index is 0.236. The Morgan fingerprint density at radius 2 is 1.38 bits per heavy atom. The Bertz CT molecular complexity index is 1300. The van der Waals surface area contributed by atoms with Crippen molar-refractivity contribution in [2.75, 3.05) is 0 Å². The minimum atomic E-state index is -4.46.